The van der Waals surface area contributed by atoms with E-state index in [0.29, 0.717) is 36.2 Å². The number of fused-ring (bicyclic) bond motifs is 1. The Morgan fingerprint density at radius 2 is 1.66 bits per heavy atom. The van der Waals surface area contributed by atoms with Gasteiger partial charge in [-0.15, -0.1) is 0 Å². The van der Waals surface area contributed by atoms with Crippen LogP contribution >= 0.6 is 0 Å². The number of carbonyl (C=O) groups is 3. The van der Waals surface area contributed by atoms with E-state index >= 15 is 4.39 Å². The zero-order chi connectivity index (χ0) is 29.1. The minimum Gasteiger partial charge on any atom is -0.349 e. The van der Waals surface area contributed by atoms with Gasteiger partial charge in [0.25, 0.3) is 5.91 Å². The van der Waals surface area contributed by atoms with Crippen molar-refractivity contribution in [1.82, 2.24) is 15.5 Å². The monoisotopic (exact) mass is 563 g/mol. The molecule has 4 atom stereocenters. The second-order valence-corrected chi connectivity index (χ2v) is 11.0. The maximum atomic E-state index is 15.0. The van der Waals surface area contributed by atoms with Crippen molar-refractivity contribution in [2.75, 3.05) is 13.1 Å². The number of rotatable bonds is 7. The Bertz CT molecular complexity index is 1450. The van der Waals surface area contributed by atoms with Gasteiger partial charge < -0.3 is 15.5 Å². The van der Waals surface area contributed by atoms with Gasteiger partial charge in [-0.05, 0) is 71.8 Å². The zero-order valence-corrected chi connectivity index (χ0v) is 22.7. The van der Waals surface area contributed by atoms with Crippen LogP contribution in [0.15, 0.2) is 66.7 Å². The van der Waals surface area contributed by atoms with E-state index in [1.165, 1.54) is 43.3 Å². The highest BCUT2D eigenvalue weighted by atomic mass is 19.1. The first-order valence-corrected chi connectivity index (χ1v) is 13.8. The third-order valence-electron chi connectivity index (χ3n) is 8.12. The molecule has 0 bridgehead atoms. The highest BCUT2D eigenvalue weighted by Gasteiger charge is 2.43. The predicted molar refractivity (Wildman–Crippen MR) is 148 cm³/mol. The fraction of sp³-hybridized carbons (Fsp3) is 0.344. The molecule has 1 aliphatic heterocycles. The summed E-state index contributed by atoms with van der Waals surface area (Å²) < 4.78 is 42.0. The lowest BCUT2D eigenvalue weighted by atomic mass is 9.78. The van der Waals surface area contributed by atoms with E-state index in [4.69, 9.17) is 0 Å². The molecule has 1 saturated heterocycles. The lowest BCUT2D eigenvalue weighted by Gasteiger charge is -2.33. The lowest BCUT2D eigenvalue weighted by Crippen LogP contribution is -2.49. The number of halogens is 3. The minimum atomic E-state index is -0.837. The number of hydrogen-bond acceptors (Lipinski definition) is 3. The van der Waals surface area contributed by atoms with Crippen LogP contribution < -0.4 is 10.6 Å². The first kappa shape index (κ1) is 28.4. The molecule has 3 amide bonds. The molecule has 1 aliphatic carbocycles. The number of likely N-dealkylation sites (tertiary alicyclic amines) is 1. The Balaban J connectivity index is 1.26. The second kappa shape index (κ2) is 12.2. The second-order valence-electron chi connectivity index (χ2n) is 11.0. The van der Waals surface area contributed by atoms with E-state index in [0.717, 1.165) is 12.8 Å². The van der Waals surface area contributed by atoms with Crippen molar-refractivity contribution in [3.8, 4) is 11.1 Å². The molecule has 2 aliphatic rings. The Morgan fingerprint density at radius 1 is 0.902 bits per heavy atom. The van der Waals surface area contributed by atoms with Crippen molar-refractivity contribution in [2.45, 2.75) is 44.7 Å². The summed E-state index contributed by atoms with van der Waals surface area (Å²) in [5.74, 6) is -2.44. The number of nitrogens with one attached hydrogen (secondary N) is 2. The van der Waals surface area contributed by atoms with E-state index in [1.54, 1.807) is 35.2 Å². The molecule has 3 aromatic carbocycles. The van der Waals surface area contributed by atoms with Gasteiger partial charge in [-0.25, -0.2) is 13.2 Å². The fourth-order valence-corrected chi connectivity index (χ4v) is 6.16. The number of amides is 3. The Labute approximate surface area is 236 Å². The van der Waals surface area contributed by atoms with Crippen molar-refractivity contribution < 1.29 is 27.6 Å². The number of hydrogen-bond donors (Lipinski definition) is 2. The largest absolute Gasteiger partial charge is 0.349 e. The summed E-state index contributed by atoms with van der Waals surface area (Å²) in [6.45, 7) is 2.24. The zero-order valence-electron chi connectivity index (χ0n) is 22.7. The molecular formula is C32H32F3N3O3. The molecule has 9 heteroatoms. The van der Waals surface area contributed by atoms with Gasteiger partial charge in [-0.1, -0.05) is 36.8 Å². The average Bonchev–Trinajstić information content (AvgIpc) is 3.38. The summed E-state index contributed by atoms with van der Waals surface area (Å²) in [5.41, 5.74) is 1.70. The number of benzene rings is 3. The lowest BCUT2D eigenvalue weighted by molar-refractivity contribution is -0.135. The van der Waals surface area contributed by atoms with Crippen LogP contribution in [0.4, 0.5) is 13.2 Å². The maximum Gasteiger partial charge on any atom is 0.254 e. The van der Waals surface area contributed by atoms with E-state index < -0.39 is 23.6 Å². The van der Waals surface area contributed by atoms with Crippen LogP contribution in [0.25, 0.3) is 11.1 Å². The normalized spacial score (nSPS) is 20.7. The molecule has 0 radical (unpaired) electrons. The molecule has 1 saturated carbocycles. The molecule has 6 nitrogen and oxygen atoms in total. The smallest absolute Gasteiger partial charge is 0.254 e. The van der Waals surface area contributed by atoms with Gasteiger partial charge in [-0.3, -0.25) is 14.4 Å². The summed E-state index contributed by atoms with van der Waals surface area (Å²) in [6, 6.07) is 14.9. The molecule has 214 valence electrons. The quantitative estimate of drug-likeness (QED) is 0.431. The molecule has 1 unspecified atom stereocenters. The van der Waals surface area contributed by atoms with E-state index in [-0.39, 0.29) is 47.5 Å². The molecule has 2 N–H and O–H groups in total. The predicted octanol–water partition coefficient (Wildman–Crippen LogP) is 4.88. The number of nitrogens with zero attached hydrogens (tertiary/aromatic N) is 1. The fourth-order valence-electron chi connectivity index (χ4n) is 6.16. The van der Waals surface area contributed by atoms with Gasteiger partial charge >= 0.3 is 0 Å². The third-order valence-corrected chi connectivity index (χ3v) is 8.12. The summed E-state index contributed by atoms with van der Waals surface area (Å²) in [7, 11) is 0. The average molecular weight is 564 g/mol. The Morgan fingerprint density at radius 3 is 2.37 bits per heavy atom. The van der Waals surface area contributed by atoms with Crippen molar-refractivity contribution >= 4 is 17.7 Å². The third kappa shape index (κ3) is 6.61. The van der Waals surface area contributed by atoms with Crippen molar-refractivity contribution in [1.29, 1.82) is 0 Å². The maximum absolute atomic E-state index is 15.0. The van der Waals surface area contributed by atoms with Crippen molar-refractivity contribution in [3.63, 3.8) is 0 Å². The van der Waals surface area contributed by atoms with Crippen LogP contribution in [-0.4, -0.2) is 47.8 Å². The van der Waals surface area contributed by atoms with Crippen LogP contribution in [-0.2, 0) is 16.0 Å². The van der Waals surface area contributed by atoms with Crippen molar-refractivity contribution in [3.05, 3.63) is 95.3 Å². The summed E-state index contributed by atoms with van der Waals surface area (Å²) in [4.78, 5) is 40.3. The van der Waals surface area contributed by atoms with Gasteiger partial charge in [0.2, 0.25) is 11.8 Å². The topological polar surface area (TPSA) is 78.5 Å². The SMILES string of the molecule is CC(=O)NC(Cc1cccc(F)c1)C(=O)N1C[C@H]2CCC[C@@H](NC(=O)c3ccc(-c4ccc(F)cc4)cc3F)[C@H]2C1. The van der Waals surface area contributed by atoms with Gasteiger partial charge in [-0.2, -0.15) is 0 Å². The van der Waals surface area contributed by atoms with Gasteiger partial charge in [0.1, 0.15) is 23.5 Å². The van der Waals surface area contributed by atoms with Crippen LogP contribution in [0.1, 0.15) is 42.1 Å². The molecule has 41 heavy (non-hydrogen) atoms. The minimum absolute atomic E-state index is 0.00894. The molecule has 5 rings (SSSR count). The standard InChI is InChI=1S/C32H32F3N3O3/c1-19(39)36-30(15-20-4-2-6-25(34)14-20)32(41)38-17-23-5-3-7-29(27(23)18-38)37-31(40)26-13-10-22(16-28(26)35)21-8-11-24(33)12-9-21/h2,4,6,8-14,16,23,27,29-30H,3,5,7,15,17-18H2,1H3,(H,36,39)(H,37,40)/t23-,27+,29-,30?/m1/s1. The summed E-state index contributed by atoms with van der Waals surface area (Å²) in [5, 5.41) is 5.72. The molecule has 3 aromatic rings. The van der Waals surface area contributed by atoms with E-state index in [1.807, 2.05) is 0 Å². The molecular weight excluding hydrogens is 531 g/mol. The van der Waals surface area contributed by atoms with Crippen LogP contribution in [0.3, 0.4) is 0 Å². The molecule has 0 spiro atoms. The highest BCUT2D eigenvalue weighted by molar-refractivity contribution is 5.95. The molecule has 1 heterocycles. The summed E-state index contributed by atoms with van der Waals surface area (Å²) >= 11 is 0. The van der Waals surface area contributed by atoms with Crippen LogP contribution in [0.2, 0.25) is 0 Å². The van der Waals surface area contributed by atoms with Crippen LogP contribution in [0, 0.1) is 29.3 Å². The van der Waals surface area contributed by atoms with E-state index in [2.05, 4.69) is 10.6 Å². The molecule has 2 fully saturated rings. The first-order valence-electron chi connectivity index (χ1n) is 13.8. The van der Waals surface area contributed by atoms with E-state index in [9.17, 15) is 23.2 Å². The highest BCUT2D eigenvalue weighted by Crippen LogP contribution is 2.37. The van der Waals surface area contributed by atoms with Gasteiger partial charge in [0.15, 0.2) is 0 Å². The van der Waals surface area contributed by atoms with Gasteiger partial charge in [0, 0.05) is 38.4 Å². The number of carbonyl (C=O) groups excluding carboxylic acids is 3. The molecule has 0 aromatic heterocycles. The van der Waals surface area contributed by atoms with Gasteiger partial charge in [0.05, 0.1) is 5.56 Å². The Hall–Kier alpha value is -4.14. The van der Waals surface area contributed by atoms with Crippen LogP contribution in [0.5, 0.6) is 0 Å². The Kier molecular flexibility index (Phi) is 8.42. The first-order chi connectivity index (χ1) is 19.7. The van der Waals surface area contributed by atoms with Crippen molar-refractivity contribution in [2.24, 2.45) is 11.8 Å². The summed E-state index contributed by atoms with van der Waals surface area (Å²) in [6.07, 6.45) is 2.63.